The van der Waals surface area contributed by atoms with Crippen LogP contribution in [-0.4, -0.2) is 30.8 Å². The first-order chi connectivity index (χ1) is 14.0. The van der Waals surface area contributed by atoms with E-state index < -0.39 is 10.0 Å². The number of halogens is 1. The normalized spacial score (nSPS) is 15.3. The van der Waals surface area contributed by atoms with E-state index in [9.17, 15) is 8.42 Å². The van der Waals surface area contributed by atoms with Crippen molar-refractivity contribution >= 4 is 21.6 Å². The molecule has 0 N–H and O–H groups in total. The number of piperidine rings is 1. The fraction of sp³-hybridized carbons (Fsp3) is 0.286. The van der Waals surface area contributed by atoms with Gasteiger partial charge in [0.1, 0.15) is 5.75 Å². The number of nitrogens with zero attached hydrogens (tertiary/aromatic N) is 2. The fourth-order valence-electron chi connectivity index (χ4n) is 3.26. The Bertz CT molecular complexity index is 1070. The van der Waals surface area contributed by atoms with Gasteiger partial charge in [-0.2, -0.15) is 4.31 Å². The molecule has 0 spiro atoms. The largest absolute Gasteiger partial charge is 0.484 e. The van der Waals surface area contributed by atoms with E-state index in [1.807, 2.05) is 12.1 Å². The summed E-state index contributed by atoms with van der Waals surface area (Å²) in [6.45, 7) is 1.30. The van der Waals surface area contributed by atoms with Gasteiger partial charge in [-0.05, 0) is 49.2 Å². The second-order valence-corrected chi connectivity index (χ2v) is 9.23. The molecule has 29 heavy (non-hydrogen) atoms. The maximum atomic E-state index is 12.7. The summed E-state index contributed by atoms with van der Waals surface area (Å²) in [5, 5.41) is 0.622. The molecule has 0 saturated carbocycles. The molecule has 1 aromatic heterocycles. The van der Waals surface area contributed by atoms with Crippen LogP contribution in [0.4, 0.5) is 0 Å². The molecule has 2 heterocycles. The first kappa shape index (κ1) is 19.9. The summed E-state index contributed by atoms with van der Waals surface area (Å²) in [7, 11) is -3.44. The van der Waals surface area contributed by atoms with E-state index in [1.54, 1.807) is 46.9 Å². The minimum atomic E-state index is -3.44. The summed E-state index contributed by atoms with van der Waals surface area (Å²) in [5.74, 6) is 1.57. The third kappa shape index (κ3) is 4.63. The van der Waals surface area contributed by atoms with E-state index in [-0.39, 0.29) is 11.5 Å². The average Bonchev–Trinajstić information content (AvgIpc) is 3.22. The molecule has 1 aliphatic heterocycles. The second kappa shape index (κ2) is 8.57. The van der Waals surface area contributed by atoms with Crippen LogP contribution in [-0.2, 0) is 16.6 Å². The number of ether oxygens (including phenoxy) is 1. The highest BCUT2D eigenvalue weighted by Crippen LogP contribution is 2.25. The smallest absolute Gasteiger partial charge is 0.243 e. The Morgan fingerprint density at radius 3 is 2.55 bits per heavy atom. The molecule has 152 valence electrons. The maximum Gasteiger partial charge on any atom is 0.243 e. The van der Waals surface area contributed by atoms with E-state index in [0.29, 0.717) is 35.5 Å². The molecule has 8 heteroatoms. The van der Waals surface area contributed by atoms with Gasteiger partial charge in [0.05, 0.1) is 11.1 Å². The van der Waals surface area contributed by atoms with Crippen molar-refractivity contribution < 1.29 is 17.6 Å². The van der Waals surface area contributed by atoms with Crippen molar-refractivity contribution in [3.63, 3.8) is 0 Å². The predicted octanol–water partition coefficient (Wildman–Crippen LogP) is 4.75. The Balaban J connectivity index is 1.40. The zero-order valence-electron chi connectivity index (χ0n) is 15.8. The van der Waals surface area contributed by atoms with Gasteiger partial charge in [0.15, 0.2) is 12.4 Å². The lowest BCUT2D eigenvalue weighted by Gasteiger charge is -2.25. The predicted molar refractivity (Wildman–Crippen MR) is 110 cm³/mol. The number of hydrogen-bond donors (Lipinski definition) is 0. The molecule has 1 aliphatic rings. The molecule has 0 amide bonds. The van der Waals surface area contributed by atoms with Crippen molar-refractivity contribution in [1.82, 2.24) is 9.29 Å². The summed E-state index contributed by atoms with van der Waals surface area (Å²) in [6.07, 6.45) is 4.53. The van der Waals surface area contributed by atoms with Crippen molar-refractivity contribution in [3.8, 4) is 17.1 Å². The minimum Gasteiger partial charge on any atom is -0.484 e. The third-order valence-electron chi connectivity index (χ3n) is 4.80. The summed E-state index contributed by atoms with van der Waals surface area (Å²) in [5.41, 5.74) is 0.837. The number of aromatic nitrogens is 1. The topological polar surface area (TPSA) is 72.6 Å². The quantitative estimate of drug-likeness (QED) is 0.562. The first-order valence-electron chi connectivity index (χ1n) is 9.46. The Morgan fingerprint density at radius 2 is 1.83 bits per heavy atom. The lowest BCUT2D eigenvalue weighted by atomic mass is 10.2. The summed E-state index contributed by atoms with van der Waals surface area (Å²) < 4.78 is 38.3. The van der Waals surface area contributed by atoms with Gasteiger partial charge < -0.3 is 9.15 Å². The molecule has 0 atom stereocenters. The van der Waals surface area contributed by atoms with Crippen LogP contribution in [0.1, 0.15) is 25.2 Å². The van der Waals surface area contributed by atoms with Gasteiger partial charge in [-0.25, -0.2) is 13.4 Å². The molecule has 3 aromatic rings. The Labute approximate surface area is 175 Å². The molecule has 6 nitrogen and oxygen atoms in total. The molecule has 0 bridgehead atoms. The third-order valence-corrected chi connectivity index (χ3v) is 6.95. The molecule has 0 radical (unpaired) electrons. The first-order valence-corrected chi connectivity index (χ1v) is 11.3. The highest BCUT2D eigenvalue weighted by atomic mass is 35.5. The van der Waals surface area contributed by atoms with E-state index >= 15 is 0 Å². The summed E-state index contributed by atoms with van der Waals surface area (Å²) >= 11 is 6.00. The zero-order chi connectivity index (χ0) is 20.3. The SMILES string of the molecule is O=S(=O)(c1ccc(OCc2ncc(-c3cccc(Cl)c3)o2)cc1)N1CCCCC1. The van der Waals surface area contributed by atoms with E-state index in [0.717, 1.165) is 24.8 Å². The standard InChI is InChI=1S/C21H21ClN2O4S/c22-17-6-4-5-16(13-17)20-14-23-21(28-20)15-27-18-7-9-19(10-8-18)29(25,26)24-11-2-1-3-12-24/h4-10,13-14H,1-3,11-12,15H2. The van der Waals surface area contributed by atoms with Gasteiger partial charge in [-0.3, -0.25) is 0 Å². The van der Waals surface area contributed by atoms with E-state index in [2.05, 4.69) is 4.98 Å². The van der Waals surface area contributed by atoms with Crippen molar-refractivity contribution in [2.75, 3.05) is 13.1 Å². The average molecular weight is 433 g/mol. The van der Waals surface area contributed by atoms with E-state index in [4.69, 9.17) is 20.8 Å². The minimum absolute atomic E-state index is 0.138. The molecule has 1 saturated heterocycles. The number of oxazole rings is 1. The lowest BCUT2D eigenvalue weighted by molar-refractivity contribution is 0.264. The zero-order valence-corrected chi connectivity index (χ0v) is 17.3. The van der Waals surface area contributed by atoms with E-state index in [1.165, 1.54) is 0 Å². The monoisotopic (exact) mass is 432 g/mol. The van der Waals surface area contributed by atoms with Gasteiger partial charge in [-0.15, -0.1) is 0 Å². The number of rotatable bonds is 6. The maximum absolute atomic E-state index is 12.7. The van der Waals surface area contributed by atoms with Crippen LogP contribution in [0.15, 0.2) is 64.0 Å². The summed E-state index contributed by atoms with van der Waals surface area (Å²) in [4.78, 5) is 4.50. The highest BCUT2D eigenvalue weighted by molar-refractivity contribution is 7.89. The fourth-order valence-corrected chi connectivity index (χ4v) is 4.97. The van der Waals surface area contributed by atoms with Crippen molar-refractivity contribution in [3.05, 3.63) is 65.6 Å². The Kier molecular flexibility index (Phi) is 5.89. The van der Waals surface area contributed by atoms with Crippen molar-refractivity contribution in [1.29, 1.82) is 0 Å². The van der Waals surface area contributed by atoms with Crippen LogP contribution in [0.2, 0.25) is 5.02 Å². The lowest BCUT2D eigenvalue weighted by Crippen LogP contribution is -2.35. The highest BCUT2D eigenvalue weighted by Gasteiger charge is 2.25. The van der Waals surface area contributed by atoms with Gasteiger partial charge >= 0.3 is 0 Å². The van der Waals surface area contributed by atoms with Crippen LogP contribution < -0.4 is 4.74 Å². The van der Waals surface area contributed by atoms with Crippen LogP contribution in [0, 0.1) is 0 Å². The second-order valence-electron chi connectivity index (χ2n) is 6.85. The molecule has 2 aromatic carbocycles. The van der Waals surface area contributed by atoms with Crippen LogP contribution >= 0.6 is 11.6 Å². The van der Waals surface area contributed by atoms with Crippen LogP contribution in [0.5, 0.6) is 5.75 Å². The molecule has 0 aliphatic carbocycles. The number of hydrogen-bond acceptors (Lipinski definition) is 5. The van der Waals surface area contributed by atoms with Gasteiger partial charge in [-0.1, -0.05) is 30.2 Å². The van der Waals surface area contributed by atoms with Crippen molar-refractivity contribution in [2.24, 2.45) is 0 Å². The molecule has 0 unspecified atom stereocenters. The molecular formula is C21H21ClN2O4S. The number of benzene rings is 2. The van der Waals surface area contributed by atoms with Crippen molar-refractivity contribution in [2.45, 2.75) is 30.8 Å². The number of sulfonamides is 1. The van der Waals surface area contributed by atoms with Gasteiger partial charge in [0.25, 0.3) is 0 Å². The Morgan fingerprint density at radius 1 is 1.07 bits per heavy atom. The van der Waals surface area contributed by atoms with Gasteiger partial charge in [0.2, 0.25) is 15.9 Å². The molecular weight excluding hydrogens is 412 g/mol. The summed E-state index contributed by atoms with van der Waals surface area (Å²) in [6, 6.07) is 13.8. The van der Waals surface area contributed by atoms with Crippen LogP contribution in [0.25, 0.3) is 11.3 Å². The molecule has 1 fully saturated rings. The van der Waals surface area contributed by atoms with Crippen LogP contribution in [0.3, 0.4) is 0 Å². The Hall–Kier alpha value is -2.35. The van der Waals surface area contributed by atoms with Gasteiger partial charge in [0, 0.05) is 23.7 Å². The molecule has 4 rings (SSSR count).